The molecule has 40 heavy (non-hydrogen) atoms. The molecule has 1 aliphatic heterocycles. The second kappa shape index (κ2) is 10.9. The Morgan fingerprint density at radius 2 is 1.68 bits per heavy atom. The number of carbonyl (C=O) groups excluding carboxylic acids is 2. The Morgan fingerprint density at radius 1 is 1.05 bits per heavy atom. The van der Waals surface area contributed by atoms with Gasteiger partial charge in [-0.15, -0.1) is 0 Å². The van der Waals surface area contributed by atoms with Gasteiger partial charge in [-0.25, -0.2) is 9.48 Å². The van der Waals surface area contributed by atoms with E-state index in [1.54, 1.807) is 22.9 Å². The molecule has 0 bridgehead atoms. The maximum Gasteiger partial charge on any atom is 0.494 e. The number of ether oxygens (including phenoxy) is 1. The number of aromatic nitrogens is 2. The number of amides is 2. The minimum Gasteiger partial charge on any atom is -0.465 e. The molecule has 2 amide bonds. The minimum atomic E-state index is -0.596. The van der Waals surface area contributed by atoms with Crippen LogP contribution in [-0.2, 0) is 24.3 Å². The van der Waals surface area contributed by atoms with Crippen molar-refractivity contribution in [3.05, 3.63) is 64.8 Å². The maximum absolute atomic E-state index is 13.1. The van der Waals surface area contributed by atoms with Gasteiger partial charge in [0.2, 0.25) is 0 Å². The molecule has 1 fully saturated rings. The summed E-state index contributed by atoms with van der Waals surface area (Å²) in [6.07, 6.45) is 0. The minimum absolute atomic E-state index is 0. The Kier molecular flexibility index (Phi) is 8.09. The highest BCUT2D eigenvalue weighted by atomic mass is 35.5. The van der Waals surface area contributed by atoms with E-state index in [0.717, 1.165) is 16.7 Å². The molecular formula is C29H40BClN4O5. The first-order valence-electron chi connectivity index (χ1n) is 13.1. The average Bonchev–Trinajstić information content (AvgIpc) is 3.37. The van der Waals surface area contributed by atoms with Crippen LogP contribution in [-0.4, -0.2) is 46.7 Å². The lowest BCUT2D eigenvalue weighted by molar-refractivity contribution is -0.142. The molecular weight excluding hydrogens is 531 g/mol. The summed E-state index contributed by atoms with van der Waals surface area (Å²) in [4.78, 5) is 24.5. The predicted molar refractivity (Wildman–Crippen MR) is 162 cm³/mol. The van der Waals surface area contributed by atoms with Crippen molar-refractivity contribution in [2.45, 2.75) is 72.0 Å². The number of urea groups is 1. The second-order valence-corrected chi connectivity index (χ2v) is 12.1. The molecule has 0 spiro atoms. The standard InChI is InChI=1S/C29H36BClN4O5.2H2/c1-18-9-12-21(13-10-18)35-25(16-24(34-35)27(3,4)17-38-19(2)36)33-26(37)32-23-14-11-20(15-22(23)31)30-39-28(5,6)29(7,8)40-30;;/h9-16H,17H2,1-8H3,(H2,32,33,37);2*1H. The first kappa shape index (κ1) is 29.6. The highest BCUT2D eigenvalue weighted by Gasteiger charge is 2.51. The van der Waals surface area contributed by atoms with Crippen LogP contribution in [0.4, 0.5) is 16.3 Å². The van der Waals surface area contributed by atoms with Gasteiger partial charge in [0.05, 0.1) is 33.3 Å². The SMILES string of the molecule is CC(=O)OCC(C)(C)c1cc(NC(=O)Nc2ccc(B3OC(C)(C)C(C)(C)O3)cc2Cl)n(-c2ccc(C)cc2)n1.[HH].[HH]. The second-order valence-electron chi connectivity index (χ2n) is 11.7. The number of halogens is 1. The zero-order valence-electron chi connectivity index (χ0n) is 24.2. The number of esters is 1. The molecule has 9 nitrogen and oxygen atoms in total. The van der Waals surface area contributed by atoms with Crippen molar-refractivity contribution < 1.29 is 26.5 Å². The maximum atomic E-state index is 13.1. The predicted octanol–water partition coefficient (Wildman–Crippen LogP) is 6.11. The summed E-state index contributed by atoms with van der Waals surface area (Å²) < 4.78 is 19.1. The monoisotopic (exact) mass is 570 g/mol. The van der Waals surface area contributed by atoms with E-state index in [-0.39, 0.29) is 15.4 Å². The zero-order valence-corrected chi connectivity index (χ0v) is 25.0. The van der Waals surface area contributed by atoms with Crippen molar-refractivity contribution in [3.8, 4) is 5.69 Å². The summed E-state index contributed by atoms with van der Waals surface area (Å²) in [6.45, 7) is 15.3. The van der Waals surface area contributed by atoms with Crippen LogP contribution >= 0.6 is 11.6 Å². The molecule has 2 aromatic carbocycles. The number of anilines is 2. The molecule has 0 aliphatic carbocycles. The van der Waals surface area contributed by atoms with E-state index >= 15 is 0 Å². The number of nitrogens with one attached hydrogen (secondary N) is 2. The lowest BCUT2D eigenvalue weighted by atomic mass is 9.79. The van der Waals surface area contributed by atoms with Crippen LogP contribution in [0.15, 0.2) is 48.5 Å². The molecule has 11 heteroatoms. The number of rotatable bonds is 7. The van der Waals surface area contributed by atoms with Gasteiger partial charge in [-0.05, 0) is 64.3 Å². The molecule has 0 unspecified atom stereocenters. The molecule has 2 heterocycles. The topological polar surface area (TPSA) is 104 Å². The van der Waals surface area contributed by atoms with Crippen molar-refractivity contribution in [2.24, 2.45) is 0 Å². The van der Waals surface area contributed by atoms with Gasteiger partial charge in [0, 0.05) is 21.3 Å². The van der Waals surface area contributed by atoms with Crippen LogP contribution in [0.2, 0.25) is 5.02 Å². The Morgan fingerprint density at radius 3 is 2.25 bits per heavy atom. The summed E-state index contributed by atoms with van der Waals surface area (Å²) >= 11 is 6.55. The van der Waals surface area contributed by atoms with Crippen molar-refractivity contribution >= 4 is 47.7 Å². The summed E-state index contributed by atoms with van der Waals surface area (Å²) in [5.74, 6) is 0.0716. The van der Waals surface area contributed by atoms with Crippen molar-refractivity contribution in [1.82, 2.24) is 9.78 Å². The highest BCUT2D eigenvalue weighted by Crippen LogP contribution is 2.37. The van der Waals surface area contributed by atoms with Crippen LogP contribution in [0, 0.1) is 6.92 Å². The fourth-order valence-corrected chi connectivity index (χ4v) is 4.30. The number of hydrogen-bond acceptors (Lipinski definition) is 6. The molecule has 1 saturated heterocycles. The van der Waals surface area contributed by atoms with E-state index in [4.69, 9.17) is 30.7 Å². The Hall–Kier alpha value is -3.34. The van der Waals surface area contributed by atoms with E-state index in [1.165, 1.54) is 6.92 Å². The van der Waals surface area contributed by atoms with Crippen LogP contribution in [0.5, 0.6) is 0 Å². The summed E-state index contributed by atoms with van der Waals surface area (Å²) in [5, 5.41) is 10.8. The average molecular weight is 571 g/mol. The zero-order chi connectivity index (χ0) is 29.5. The van der Waals surface area contributed by atoms with Gasteiger partial charge in [0.1, 0.15) is 12.4 Å². The van der Waals surface area contributed by atoms with Gasteiger partial charge in [-0.1, -0.05) is 49.2 Å². The number of hydrogen-bond donors (Lipinski definition) is 2. The highest BCUT2D eigenvalue weighted by molar-refractivity contribution is 6.62. The lowest BCUT2D eigenvalue weighted by Crippen LogP contribution is -2.41. The molecule has 1 aromatic heterocycles. The van der Waals surface area contributed by atoms with Gasteiger partial charge in [-0.2, -0.15) is 5.10 Å². The number of nitrogens with zero attached hydrogens (tertiary/aromatic N) is 2. The molecule has 0 atom stereocenters. The van der Waals surface area contributed by atoms with E-state index in [2.05, 4.69) is 10.6 Å². The fraction of sp³-hybridized carbons (Fsp3) is 0.414. The normalized spacial score (nSPS) is 16.1. The van der Waals surface area contributed by atoms with Crippen molar-refractivity contribution in [2.75, 3.05) is 17.2 Å². The third-order valence-corrected chi connectivity index (χ3v) is 7.64. The van der Waals surface area contributed by atoms with E-state index < -0.39 is 29.8 Å². The van der Waals surface area contributed by atoms with E-state index in [1.807, 2.05) is 78.8 Å². The molecule has 3 aromatic rings. The number of aryl methyl sites for hydroxylation is 1. The van der Waals surface area contributed by atoms with Crippen LogP contribution in [0.3, 0.4) is 0 Å². The van der Waals surface area contributed by atoms with Gasteiger partial charge >= 0.3 is 19.1 Å². The first-order valence-corrected chi connectivity index (χ1v) is 13.5. The van der Waals surface area contributed by atoms with Gasteiger partial charge in [-0.3, -0.25) is 10.1 Å². The Labute approximate surface area is 243 Å². The van der Waals surface area contributed by atoms with Crippen LogP contribution < -0.4 is 16.1 Å². The van der Waals surface area contributed by atoms with E-state index in [0.29, 0.717) is 22.2 Å². The fourth-order valence-electron chi connectivity index (χ4n) is 4.07. The van der Waals surface area contributed by atoms with Crippen LogP contribution in [0.1, 0.15) is 62.6 Å². The summed E-state index contributed by atoms with van der Waals surface area (Å²) in [5.41, 5.74) is 2.14. The Bertz CT molecular complexity index is 1410. The third-order valence-electron chi connectivity index (χ3n) is 7.33. The van der Waals surface area contributed by atoms with Crippen molar-refractivity contribution in [1.29, 1.82) is 0 Å². The summed E-state index contributed by atoms with van der Waals surface area (Å²) in [7, 11) is -0.567. The van der Waals surface area contributed by atoms with Crippen molar-refractivity contribution in [3.63, 3.8) is 0 Å². The smallest absolute Gasteiger partial charge is 0.465 e. The molecule has 2 N–H and O–H groups in total. The molecule has 0 saturated carbocycles. The van der Waals surface area contributed by atoms with Crippen LogP contribution in [0.25, 0.3) is 5.69 Å². The quantitative estimate of drug-likeness (QED) is 0.262. The first-order chi connectivity index (χ1) is 18.6. The lowest BCUT2D eigenvalue weighted by Gasteiger charge is -2.32. The molecule has 216 valence electrons. The molecule has 4 rings (SSSR count). The number of benzene rings is 2. The molecule has 0 radical (unpaired) electrons. The summed E-state index contributed by atoms with van der Waals surface area (Å²) in [6, 6.07) is 14.3. The third kappa shape index (κ3) is 6.35. The van der Waals surface area contributed by atoms with Gasteiger partial charge in [0.15, 0.2) is 0 Å². The Balaban J connectivity index is 0.00000308. The molecule has 1 aliphatic rings. The largest absolute Gasteiger partial charge is 0.494 e. The number of carbonyl (C=O) groups is 2. The van der Waals surface area contributed by atoms with Gasteiger partial charge < -0.3 is 19.4 Å². The van der Waals surface area contributed by atoms with Gasteiger partial charge in [0.25, 0.3) is 0 Å². The van der Waals surface area contributed by atoms with E-state index in [9.17, 15) is 9.59 Å².